The number of amides is 3. The number of aryl methyl sites for hydroxylation is 2. The molecule has 11 nitrogen and oxygen atoms in total. The molecule has 0 bridgehead atoms. The summed E-state index contributed by atoms with van der Waals surface area (Å²) in [6.07, 6.45) is -4.23. The highest BCUT2D eigenvalue weighted by atomic mass is 16.7. The molecule has 2 aromatic rings. The predicted octanol–water partition coefficient (Wildman–Crippen LogP) is 5.53. The first kappa shape index (κ1) is 34.8. The third-order valence-corrected chi connectivity index (χ3v) is 6.04. The molecule has 11 heteroatoms. The maximum absolute atomic E-state index is 14.2. The first-order chi connectivity index (χ1) is 19.9. The molecule has 0 N–H and O–H groups in total. The molecule has 43 heavy (non-hydrogen) atoms. The van der Waals surface area contributed by atoms with Gasteiger partial charge in [-0.25, -0.2) is 14.6 Å². The number of methoxy groups -OCH3 is 1. The van der Waals surface area contributed by atoms with Gasteiger partial charge < -0.3 is 18.9 Å². The third kappa shape index (κ3) is 8.79. The van der Waals surface area contributed by atoms with Crippen LogP contribution in [0.1, 0.15) is 85.9 Å². The molecule has 0 spiro atoms. The Morgan fingerprint density at radius 2 is 1.35 bits per heavy atom. The number of imide groups is 1. The van der Waals surface area contributed by atoms with E-state index in [0.29, 0.717) is 16.3 Å². The van der Waals surface area contributed by atoms with Crippen LogP contribution >= 0.6 is 0 Å². The van der Waals surface area contributed by atoms with E-state index in [1.54, 1.807) is 65.8 Å². The van der Waals surface area contributed by atoms with Crippen molar-refractivity contribution in [1.29, 1.82) is 0 Å². The molecule has 0 fully saturated rings. The molecule has 0 aliphatic carbocycles. The molecule has 1 unspecified atom stereocenters. The lowest BCUT2D eigenvalue weighted by Crippen LogP contribution is -2.61. The van der Waals surface area contributed by atoms with E-state index in [1.165, 1.54) is 27.0 Å². The smallest absolute Gasteiger partial charge is 0.440 e. The van der Waals surface area contributed by atoms with E-state index in [4.69, 9.17) is 18.9 Å². The average Bonchev–Trinajstić information content (AvgIpc) is 2.88. The fourth-order valence-electron chi connectivity index (χ4n) is 4.14. The Morgan fingerprint density at radius 1 is 0.767 bits per heavy atom. The van der Waals surface area contributed by atoms with Gasteiger partial charge in [-0.2, -0.15) is 0 Å². The summed E-state index contributed by atoms with van der Waals surface area (Å²) in [7, 11) is 1.43. The molecule has 0 aliphatic heterocycles. The van der Waals surface area contributed by atoms with Gasteiger partial charge >= 0.3 is 24.3 Å². The van der Waals surface area contributed by atoms with Gasteiger partial charge in [0.2, 0.25) is 0 Å². The second-order valence-electron chi connectivity index (χ2n) is 11.7. The van der Waals surface area contributed by atoms with Crippen molar-refractivity contribution in [3.63, 3.8) is 0 Å². The van der Waals surface area contributed by atoms with Gasteiger partial charge in [-0.1, -0.05) is 37.1 Å². The number of carbonyl (C=O) groups excluding carboxylic acids is 5. The van der Waals surface area contributed by atoms with Gasteiger partial charge in [-0.05, 0) is 79.7 Å². The fourth-order valence-corrected chi connectivity index (χ4v) is 4.14. The van der Waals surface area contributed by atoms with Gasteiger partial charge in [0.1, 0.15) is 5.75 Å². The summed E-state index contributed by atoms with van der Waals surface area (Å²) in [6.45, 7) is 16.3. The maximum Gasteiger partial charge on any atom is 0.440 e. The highest BCUT2D eigenvalue weighted by Crippen LogP contribution is 2.28. The summed E-state index contributed by atoms with van der Waals surface area (Å²) in [5.41, 5.74) is 1.03. The van der Waals surface area contributed by atoms with Crippen molar-refractivity contribution in [2.24, 2.45) is 5.92 Å². The Labute approximate surface area is 253 Å². The molecule has 0 heterocycles. The lowest BCUT2D eigenvalue weighted by Gasteiger charge is -2.41. The van der Waals surface area contributed by atoms with Crippen LogP contribution in [0.3, 0.4) is 0 Å². The number of hydrogen-bond acceptors (Lipinski definition) is 9. The number of benzene rings is 2. The molecule has 0 aliphatic rings. The SMILES string of the molecule is COc1cccc(C(=O)N(C(=O)OC(OC(=O)C(C)C)C(=O)OC(C)C)N(C(=O)c2cc(C)cc(C)c2)C(C)(C)C)c1C. The fraction of sp³-hybridized carbons (Fsp3) is 0.469. The van der Waals surface area contributed by atoms with Crippen molar-refractivity contribution in [2.75, 3.05) is 7.11 Å². The Kier molecular flexibility index (Phi) is 11.5. The van der Waals surface area contributed by atoms with Gasteiger partial charge in [0, 0.05) is 16.7 Å². The molecule has 0 aromatic heterocycles. The summed E-state index contributed by atoms with van der Waals surface area (Å²) >= 11 is 0. The number of ether oxygens (including phenoxy) is 4. The first-order valence-corrected chi connectivity index (χ1v) is 13.9. The van der Waals surface area contributed by atoms with Crippen molar-refractivity contribution in [3.05, 3.63) is 64.2 Å². The van der Waals surface area contributed by atoms with Crippen LogP contribution in [0.4, 0.5) is 4.79 Å². The maximum atomic E-state index is 14.2. The monoisotopic (exact) mass is 598 g/mol. The number of esters is 2. The molecule has 0 saturated heterocycles. The van der Waals surface area contributed by atoms with E-state index in [0.717, 1.165) is 16.1 Å². The zero-order chi connectivity index (χ0) is 32.8. The second kappa shape index (κ2) is 14.2. The molecular formula is C32H42N2O9. The van der Waals surface area contributed by atoms with Crippen LogP contribution in [-0.4, -0.2) is 64.9 Å². The van der Waals surface area contributed by atoms with Gasteiger partial charge in [-0.3, -0.25) is 14.4 Å². The minimum Gasteiger partial charge on any atom is -0.496 e. The minimum absolute atomic E-state index is 0.0271. The normalized spacial score (nSPS) is 11.9. The molecule has 0 radical (unpaired) electrons. The Morgan fingerprint density at radius 3 is 1.84 bits per heavy atom. The highest BCUT2D eigenvalue weighted by molar-refractivity contribution is 6.07. The molecule has 1 atom stereocenters. The van der Waals surface area contributed by atoms with Gasteiger partial charge in [0.25, 0.3) is 11.8 Å². The summed E-state index contributed by atoms with van der Waals surface area (Å²) in [5, 5.41) is 1.47. The third-order valence-electron chi connectivity index (χ3n) is 6.04. The number of hydrogen-bond donors (Lipinski definition) is 0. The van der Waals surface area contributed by atoms with Crippen LogP contribution in [0, 0.1) is 26.7 Å². The Hall–Kier alpha value is -4.41. The number of hydrazine groups is 1. The van der Waals surface area contributed by atoms with E-state index in [-0.39, 0.29) is 11.1 Å². The van der Waals surface area contributed by atoms with Crippen molar-refractivity contribution in [3.8, 4) is 5.75 Å². The van der Waals surface area contributed by atoms with Crippen LogP contribution in [0.2, 0.25) is 0 Å². The first-order valence-electron chi connectivity index (χ1n) is 13.9. The number of nitrogens with zero attached hydrogens (tertiary/aromatic N) is 2. The van der Waals surface area contributed by atoms with Crippen molar-refractivity contribution in [1.82, 2.24) is 10.0 Å². The van der Waals surface area contributed by atoms with E-state index >= 15 is 0 Å². The summed E-state index contributed by atoms with van der Waals surface area (Å²) < 4.78 is 21.0. The quantitative estimate of drug-likeness (QED) is 0.219. The summed E-state index contributed by atoms with van der Waals surface area (Å²) in [6, 6.07) is 9.80. The molecule has 2 rings (SSSR count). The van der Waals surface area contributed by atoms with Crippen LogP contribution in [0.15, 0.2) is 36.4 Å². The van der Waals surface area contributed by atoms with E-state index in [2.05, 4.69) is 0 Å². The second-order valence-corrected chi connectivity index (χ2v) is 11.7. The molecular weight excluding hydrogens is 556 g/mol. The lowest BCUT2D eigenvalue weighted by atomic mass is 10.0. The predicted molar refractivity (Wildman–Crippen MR) is 158 cm³/mol. The zero-order valence-electron chi connectivity index (χ0n) is 26.8. The summed E-state index contributed by atoms with van der Waals surface area (Å²) in [5.74, 6) is -3.95. The largest absolute Gasteiger partial charge is 0.496 e. The summed E-state index contributed by atoms with van der Waals surface area (Å²) in [4.78, 5) is 67.7. The topological polar surface area (TPSA) is 129 Å². The number of rotatable bonds is 8. The van der Waals surface area contributed by atoms with Gasteiger partial charge in [0.05, 0.1) is 24.7 Å². The van der Waals surface area contributed by atoms with Crippen molar-refractivity contribution in [2.45, 2.75) is 87.2 Å². The zero-order valence-corrected chi connectivity index (χ0v) is 26.8. The van der Waals surface area contributed by atoms with Crippen LogP contribution < -0.4 is 4.74 Å². The molecule has 234 valence electrons. The standard InChI is InChI=1S/C32H42N2O9/c1-18(2)28(37)42-30(29(38)41-19(3)4)43-31(39)33(27(36)24-13-12-14-25(40-11)22(24)7)34(32(8,9)10)26(35)23-16-20(5)15-21(6)17-23/h12-19,30H,1-11H3. The molecule has 3 amide bonds. The Bertz CT molecular complexity index is 1360. The number of carbonyl (C=O) groups is 5. The van der Waals surface area contributed by atoms with E-state index < -0.39 is 53.7 Å². The van der Waals surface area contributed by atoms with Gasteiger partial charge in [-0.15, -0.1) is 5.01 Å². The van der Waals surface area contributed by atoms with Gasteiger partial charge in [0.15, 0.2) is 0 Å². The molecule has 2 aromatic carbocycles. The Balaban J connectivity index is 2.77. The average molecular weight is 599 g/mol. The van der Waals surface area contributed by atoms with Crippen LogP contribution in [0.5, 0.6) is 5.75 Å². The molecule has 0 saturated carbocycles. The minimum atomic E-state index is -2.15. The van der Waals surface area contributed by atoms with E-state index in [1.807, 2.05) is 19.9 Å². The van der Waals surface area contributed by atoms with Crippen LogP contribution in [0.25, 0.3) is 0 Å². The van der Waals surface area contributed by atoms with E-state index in [9.17, 15) is 24.0 Å². The lowest BCUT2D eigenvalue weighted by molar-refractivity contribution is -0.198. The van der Waals surface area contributed by atoms with Crippen molar-refractivity contribution >= 4 is 29.8 Å². The van der Waals surface area contributed by atoms with Crippen LogP contribution in [-0.2, 0) is 23.8 Å². The van der Waals surface area contributed by atoms with Crippen molar-refractivity contribution < 1.29 is 42.9 Å². The highest BCUT2D eigenvalue weighted by Gasteiger charge is 2.44.